The fourth-order valence-electron chi connectivity index (χ4n) is 3.96. The number of hydrogen-bond acceptors (Lipinski definition) is 4. The average Bonchev–Trinajstić information content (AvgIpc) is 2.82. The van der Waals surface area contributed by atoms with Gasteiger partial charge in [0.05, 0.1) is 11.9 Å². The SMILES string of the molecule is CCC(C(=O)NCC(C)C)N(Cc1ccc(Cl)cc1)C(=O)CCCN(c1cc(Cl)ccc1C)S(C)(=O)=O. The Hall–Kier alpha value is -2.29. The minimum atomic E-state index is -3.60. The maximum Gasteiger partial charge on any atom is 0.242 e. The molecule has 1 N–H and O–H groups in total. The first-order valence-electron chi connectivity index (χ1n) is 12.4. The van der Waals surface area contributed by atoms with E-state index >= 15 is 0 Å². The Balaban J connectivity index is 2.23. The van der Waals surface area contributed by atoms with E-state index in [9.17, 15) is 18.0 Å². The lowest BCUT2D eigenvalue weighted by Crippen LogP contribution is -2.49. The van der Waals surface area contributed by atoms with Crippen molar-refractivity contribution in [2.45, 2.75) is 59.5 Å². The van der Waals surface area contributed by atoms with Crippen molar-refractivity contribution in [3.05, 3.63) is 63.6 Å². The lowest BCUT2D eigenvalue weighted by atomic mass is 10.1. The first-order chi connectivity index (χ1) is 17.3. The van der Waals surface area contributed by atoms with Crippen LogP contribution in [0, 0.1) is 12.8 Å². The Kier molecular flexibility index (Phi) is 11.7. The molecule has 2 amide bonds. The number of amides is 2. The van der Waals surface area contributed by atoms with Crippen molar-refractivity contribution in [3.63, 3.8) is 0 Å². The topological polar surface area (TPSA) is 86.8 Å². The van der Waals surface area contributed by atoms with Gasteiger partial charge in [-0.3, -0.25) is 13.9 Å². The first kappa shape index (κ1) is 30.9. The van der Waals surface area contributed by atoms with Gasteiger partial charge >= 0.3 is 0 Å². The van der Waals surface area contributed by atoms with Crippen LogP contribution in [0.2, 0.25) is 10.0 Å². The maximum absolute atomic E-state index is 13.5. The average molecular weight is 571 g/mol. The lowest BCUT2D eigenvalue weighted by Gasteiger charge is -2.31. The molecule has 0 spiro atoms. The first-order valence-corrected chi connectivity index (χ1v) is 15.0. The quantitative estimate of drug-likeness (QED) is 0.348. The van der Waals surface area contributed by atoms with Gasteiger partial charge in [0.2, 0.25) is 21.8 Å². The molecule has 0 saturated carbocycles. The second-order valence-electron chi connectivity index (χ2n) is 9.58. The summed E-state index contributed by atoms with van der Waals surface area (Å²) < 4.78 is 26.4. The zero-order chi connectivity index (χ0) is 27.8. The standard InChI is InChI=1S/C27H37Cl2N3O4S/c1-6-24(27(34)30-17-19(2)3)31(18-21-10-13-22(28)14-11-21)26(33)8-7-15-32(37(5,35)36)25-16-23(29)12-9-20(25)4/h9-14,16,19,24H,6-8,15,17-18H2,1-5H3,(H,30,34). The number of aryl methyl sites for hydroxylation is 1. The molecular formula is C27H37Cl2N3O4S. The molecule has 0 aliphatic heterocycles. The predicted octanol–water partition coefficient (Wildman–Crippen LogP) is 5.43. The molecule has 0 radical (unpaired) electrons. The molecule has 7 nitrogen and oxygen atoms in total. The molecule has 1 atom stereocenters. The van der Waals surface area contributed by atoms with E-state index in [1.165, 1.54) is 4.31 Å². The molecule has 2 rings (SSSR count). The summed E-state index contributed by atoms with van der Waals surface area (Å²) in [4.78, 5) is 28.1. The van der Waals surface area contributed by atoms with Gasteiger partial charge in [0, 0.05) is 36.1 Å². The van der Waals surface area contributed by atoms with Gasteiger partial charge in [-0.25, -0.2) is 8.42 Å². The van der Waals surface area contributed by atoms with Crippen LogP contribution in [0.1, 0.15) is 51.2 Å². The van der Waals surface area contributed by atoms with Crippen molar-refractivity contribution >= 4 is 50.7 Å². The highest BCUT2D eigenvalue weighted by Crippen LogP contribution is 2.27. The predicted molar refractivity (Wildman–Crippen MR) is 152 cm³/mol. The molecule has 0 aliphatic carbocycles. The summed E-state index contributed by atoms with van der Waals surface area (Å²) in [5.41, 5.74) is 2.10. The van der Waals surface area contributed by atoms with E-state index in [0.717, 1.165) is 17.4 Å². The number of rotatable bonds is 13. The number of benzene rings is 2. The van der Waals surface area contributed by atoms with Crippen molar-refractivity contribution in [3.8, 4) is 0 Å². The molecule has 2 aromatic carbocycles. The lowest BCUT2D eigenvalue weighted by molar-refractivity contribution is -0.141. The van der Waals surface area contributed by atoms with Crippen molar-refractivity contribution in [2.24, 2.45) is 5.92 Å². The largest absolute Gasteiger partial charge is 0.354 e. The third kappa shape index (κ3) is 9.51. The third-order valence-corrected chi connectivity index (χ3v) is 7.60. The molecule has 0 aliphatic rings. The second kappa shape index (κ2) is 14.0. The van der Waals surface area contributed by atoms with Gasteiger partial charge < -0.3 is 10.2 Å². The summed E-state index contributed by atoms with van der Waals surface area (Å²) in [5, 5.41) is 3.95. The maximum atomic E-state index is 13.5. The number of sulfonamides is 1. The Morgan fingerprint density at radius 1 is 1.03 bits per heavy atom. The number of carbonyl (C=O) groups excluding carboxylic acids is 2. The Labute approximate surface area is 231 Å². The highest BCUT2D eigenvalue weighted by Gasteiger charge is 2.29. The summed E-state index contributed by atoms with van der Waals surface area (Å²) in [6, 6.07) is 11.6. The molecular weight excluding hydrogens is 533 g/mol. The van der Waals surface area contributed by atoms with Crippen LogP contribution in [0.5, 0.6) is 0 Å². The highest BCUT2D eigenvalue weighted by atomic mass is 35.5. The summed E-state index contributed by atoms with van der Waals surface area (Å²) in [5.74, 6) is -0.151. The van der Waals surface area contributed by atoms with Crippen LogP contribution in [-0.4, -0.2) is 50.5 Å². The molecule has 37 heavy (non-hydrogen) atoms. The molecule has 2 aromatic rings. The van der Waals surface area contributed by atoms with Gasteiger partial charge in [0.15, 0.2) is 0 Å². The minimum Gasteiger partial charge on any atom is -0.354 e. The van der Waals surface area contributed by atoms with Crippen LogP contribution in [-0.2, 0) is 26.2 Å². The van der Waals surface area contributed by atoms with Crippen molar-refractivity contribution in [1.29, 1.82) is 0 Å². The summed E-state index contributed by atoms with van der Waals surface area (Å²) in [7, 11) is -3.60. The van der Waals surface area contributed by atoms with E-state index in [0.29, 0.717) is 28.7 Å². The highest BCUT2D eigenvalue weighted by molar-refractivity contribution is 7.92. The van der Waals surface area contributed by atoms with Crippen LogP contribution in [0.3, 0.4) is 0 Å². The number of anilines is 1. The number of halogens is 2. The molecule has 0 saturated heterocycles. The van der Waals surface area contributed by atoms with Crippen LogP contribution >= 0.6 is 23.2 Å². The normalized spacial score (nSPS) is 12.3. The van der Waals surface area contributed by atoms with Crippen LogP contribution in [0.25, 0.3) is 0 Å². The van der Waals surface area contributed by atoms with Gasteiger partial charge in [0.1, 0.15) is 6.04 Å². The number of nitrogens with one attached hydrogen (secondary N) is 1. The van der Waals surface area contributed by atoms with Crippen molar-refractivity contribution < 1.29 is 18.0 Å². The minimum absolute atomic E-state index is 0.0766. The number of nitrogens with zero attached hydrogens (tertiary/aromatic N) is 2. The van der Waals surface area contributed by atoms with Gasteiger partial charge in [0.25, 0.3) is 0 Å². The molecule has 0 heterocycles. The third-order valence-electron chi connectivity index (χ3n) is 5.93. The van der Waals surface area contributed by atoms with Gasteiger partial charge in [-0.15, -0.1) is 0 Å². The Morgan fingerprint density at radius 2 is 1.65 bits per heavy atom. The fourth-order valence-corrected chi connectivity index (χ4v) is 5.27. The Bertz CT molecular complexity index is 1170. The fraction of sp³-hybridized carbons (Fsp3) is 0.481. The summed E-state index contributed by atoms with van der Waals surface area (Å²) in [6.07, 6.45) is 1.93. The molecule has 0 bridgehead atoms. The molecule has 204 valence electrons. The molecule has 10 heteroatoms. The smallest absolute Gasteiger partial charge is 0.242 e. The monoisotopic (exact) mass is 569 g/mol. The van der Waals surface area contributed by atoms with Crippen molar-refractivity contribution in [1.82, 2.24) is 10.2 Å². The van der Waals surface area contributed by atoms with Gasteiger partial charge in [-0.1, -0.05) is 62.2 Å². The van der Waals surface area contributed by atoms with Crippen molar-refractivity contribution in [2.75, 3.05) is 23.7 Å². The van der Waals surface area contributed by atoms with E-state index in [2.05, 4.69) is 5.32 Å². The van der Waals surface area contributed by atoms with E-state index in [4.69, 9.17) is 23.2 Å². The van der Waals surface area contributed by atoms with Crippen LogP contribution in [0.15, 0.2) is 42.5 Å². The zero-order valence-electron chi connectivity index (χ0n) is 22.1. The number of carbonyl (C=O) groups is 2. The molecule has 0 fully saturated rings. The van der Waals surface area contributed by atoms with Gasteiger partial charge in [-0.05, 0) is 61.1 Å². The summed E-state index contributed by atoms with van der Waals surface area (Å²) >= 11 is 12.1. The van der Waals surface area contributed by atoms with Crippen LogP contribution < -0.4 is 9.62 Å². The summed E-state index contributed by atoms with van der Waals surface area (Å²) in [6.45, 7) is 8.56. The van der Waals surface area contributed by atoms with E-state index < -0.39 is 16.1 Å². The second-order valence-corrected chi connectivity index (χ2v) is 12.4. The Morgan fingerprint density at radius 3 is 2.22 bits per heavy atom. The number of hydrogen-bond donors (Lipinski definition) is 1. The van der Waals surface area contributed by atoms with Crippen LogP contribution in [0.4, 0.5) is 5.69 Å². The zero-order valence-corrected chi connectivity index (χ0v) is 24.5. The molecule has 1 unspecified atom stereocenters. The van der Waals surface area contributed by atoms with E-state index in [1.54, 1.807) is 35.2 Å². The molecule has 0 aromatic heterocycles. The van der Waals surface area contributed by atoms with Gasteiger partial charge in [-0.2, -0.15) is 0 Å². The van der Waals surface area contributed by atoms with E-state index in [1.807, 2.05) is 39.8 Å². The van der Waals surface area contributed by atoms with E-state index in [-0.39, 0.29) is 43.7 Å².